The highest BCUT2D eigenvalue weighted by molar-refractivity contribution is 6.03. The van der Waals surface area contributed by atoms with Gasteiger partial charge >= 0.3 is 11.9 Å². The lowest BCUT2D eigenvalue weighted by Gasteiger charge is -2.32. The van der Waals surface area contributed by atoms with Gasteiger partial charge in [-0.25, -0.2) is 9.59 Å². The minimum Gasteiger partial charge on any atom is -0.466 e. The second-order valence-electron chi connectivity index (χ2n) is 6.23. The standard InChI is InChI=1S/C19H22N2O6/c1-25-18(23)15-11-27-12-21(17(15)19(24)26-2)14-8-6-13(7-9-14)20-10-4-3-5-16(20)22/h6-9H,3-5,10-12H2,1-2H3. The molecule has 8 nitrogen and oxygen atoms in total. The summed E-state index contributed by atoms with van der Waals surface area (Å²) in [5.41, 5.74) is 1.64. The number of hydrogen-bond donors (Lipinski definition) is 0. The van der Waals surface area contributed by atoms with Crippen LogP contribution in [0.1, 0.15) is 19.3 Å². The Morgan fingerprint density at radius 2 is 1.59 bits per heavy atom. The van der Waals surface area contributed by atoms with Gasteiger partial charge in [0, 0.05) is 24.3 Å². The molecule has 1 amide bonds. The predicted octanol–water partition coefficient (Wildman–Crippen LogP) is 1.60. The van der Waals surface area contributed by atoms with E-state index in [1.165, 1.54) is 14.2 Å². The maximum atomic E-state index is 12.3. The predicted molar refractivity (Wildman–Crippen MR) is 97.0 cm³/mol. The van der Waals surface area contributed by atoms with Gasteiger partial charge in [0.15, 0.2) is 0 Å². The third-order valence-corrected chi connectivity index (χ3v) is 4.63. The summed E-state index contributed by atoms with van der Waals surface area (Å²) in [6, 6.07) is 7.20. The fourth-order valence-corrected chi connectivity index (χ4v) is 3.24. The van der Waals surface area contributed by atoms with Crippen molar-refractivity contribution in [2.75, 3.05) is 43.9 Å². The Labute approximate surface area is 157 Å². The van der Waals surface area contributed by atoms with Gasteiger partial charge in [-0.15, -0.1) is 0 Å². The number of rotatable bonds is 4. The van der Waals surface area contributed by atoms with Gasteiger partial charge in [0.25, 0.3) is 0 Å². The highest BCUT2D eigenvalue weighted by Gasteiger charge is 2.32. The molecule has 3 rings (SSSR count). The summed E-state index contributed by atoms with van der Waals surface area (Å²) in [4.78, 5) is 39.7. The van der Waals surface area contributed by atoms with Crippen LogP contribution >= 0.6 is 0 Å². The molecule has 0 atom stereocenters. The van der Waals surface area contributed by atoms with Crippen LogP contribution < -0.4 is 9.80 Å². The fourth-order valence-electron chi connectivity index (χ4n) is 3.24. The Morgan fingerprint density at radius 1 is 0.963 bits per heavy atom. The quantitative estimate of drug-likeness (QED) is 0.740. The van der Waals surface area contributed by atoms with Gasteiger partial charge in [-0.05, 0) is 37.1 Å². The van der Waals surface area contributed by atoms with Crippen molar-refractivity contribution in [3.8, 4) is 0 Å². The molecule has 1 fully saturated rings. The molecular weight excluding hydrogens is 352 g/mol. The van der Waals surface area contributed by atoms with Crippen LogP contribution in [0.4, 0.5) is 11.4 Å². The lowest BCUT2D eigenvalue weighted by molar-refractivity contribution is -0.140. The van der Waals surface area contributed by atoms with Gasteiger partial charge in [0.2, 0.25) is 5.91 Å². The zero-order valence-electron chi connectivity index (χ0n) is 15.4. The first kappa shape index (κ1) is 18.9. The van der Waals surface area contributed by atoms with E-state index in [0.717, 1.165) is 18.5 Å². The van der Waals surface area contributed by atoms with Crippen molar-refractivity contribution in [1.29, 1.82) is 0 Å². The second-order valence-corrected chi connectivity index (χ2v) is 6.23. The Morgan fingerprint density at radius 3 is 2.19 bits per heavy atom. The molecule has 0 unspecified atom stereocenters. The highest BCUT2D eigenvalue weighted by Crippen LogP contribution is 2.29. The highest BCUT2D eigenvalue weighted by atomic mass is 16.5. The van der Waals surface area contributed by atoms with Crippen LogP contribution in [-0.4, -0.2) is 51.9 Å². The number of methoxy groups -OCH3 is 2. The molecule has 2 aliphatic heterocycles. The Bertz CT molecular complexity index is 771. The van der Waals surface area contributed by atoms with Crippen molar-refractivity contribution in [3.63, 3.8) is 0 Å². The molecule has 1 aromatic rings. The summed E-state index contributed by atoms with van der Waals surface area (Å²) in [6.45, 7) is 0.756. The van der Waals surface area contributed by atoms with Crippen LogP contribution in [0.2, 0.25) is 0 Å². The molecule has 27 heavy (non-hydrogen) atoms. The SMILES string of the molecule is COC(=O)C1=C(C(=O)OC)N(c2ccc(N3CCCCC3=O)cc2)COC1. The number of nitrogens with zero attached hydrogens (tertiary/aromatic N) is 2. The molecule has 2 heterocycles. The molecule has 0 aliphatic carbocycles. The minimum absolute atomic E-state index is 0.0338. The van der Waals surface area contributed by atoms with Crippen molar-refractivity contribution in [2.24, 2.45) is 0 Å². The van der Waals surface area contributed by atoms with Crippen molar-refractivity contribution in [1.82, 2.24) is 0 Å². The van der Waals surface area contributed by atoms with E-state index in [2.05, 4.69) is 0 Å². The largest absolute Gasteiger partial charge is 0.466 e. The molecule has 1 saturated heterocycles. The molecule has 1 aromatic carbocycles. The van der Waals surface area contributed by atoms with Crippen molar-refractivity contribution < 1.29 is 28.6 Å². The molecule has 8 heteroatoms. The molecular formula is C19H22N2O6. The van der Waals surface area contributed by atoms with E-state index >= 15 is 0 Å². The van der Waals surface area contributed by atoms with Gasteiger partial charge in [-0.2, -0.15) is 0 Å². The molecule has 144 valence electrons. The normalized spacial score (nSPS) is 17.8. The summed E-state index contributed by atoms with van der Waals surface area (Å²) < 4.78 is 15.1. The molecule has 0 aromatic heterocycles. The van der Waals surface area contributed by atoms with Crippen LogP contribution in [0.15, 0.2) is 35.5 Å². The van der Waals surface area contributed by atoms with E-state index in [1.807, 2.05) is 12.1 Å². The molecule has 0 N–H and O–H groups in total. The molecule has 0 radical (unpaired) electrons. The van der Waals surface area contributed by atoms with E-state index in [9.17, 15) is 14.4 Å². The third kappa shape index (κ3) is 3.80. The zero-order valence-corrected chi connectivity index (χ0v) is 15.4. The number of anilines is 2. The fraction of sp³-hybridized carbons (Fsp3) is 0.421. The number of carbonyl (C=O) groups is 3. The Hall–Kier alpha value is -2.87. The minimum atomic E-state index is -0.644. The summed E-state index contributed by atoms with van der Waals surface area (Å²) in [5, 5.41) is 0. The van der Waals surface area contributed by atoms with E-state index in [-0.39, 0.29) is 30.5 Å². The Balaban J connectivity index is 1.92. The third-order valence-electron chi connectivity index (χ3n) is 4.63. The average Bonchev–Trinajstić information content (AvgIpc) is 2.72. The number of amides is 1. The second kappa shape index (κ2) is 8.22. The summed E-state index contributed by atoms with van der Waals surface area (Å²) in [6.07, 6.45) is 2.45. The maximum Gasteiger partial charge on any atom is 0.355 e. The summed E-state index contributed by atoms with van der Waals surface area (Å²) >= 11 is 0. The summed E-state index contributed by atoms with van der Waals surface area (Å²) in [7, 11) is 2.50. The van der Waals surface area contributed by atoms with Gasteiger partial charge in [-0.1, -0.05) is 0 Å². The van der Waals surface area contributed by atoms with E-state index < -0.39 is 11.9 Å². The average molecular weight is 374 g/mol. The van der Waals surface area contributed by atoms with Crippen LogP contribution in [0.3, 0.4) is 0 Å². The number of esters is 2. The first-order valence-corrected chi connectivity index (χ1v) is 8.72. The monoisotopic (exact) mass is 374 g/mol. The van der Waals surface area contributed by atoms with E-state index in [4.69, 9.17) is 14.2 Å². The van der Waals surface area contributed by atoms with Crippen LogP contribution in [-0.2, 0) is 28.6 Å². The zero-order chi connectivity index (χ0) is 19.4. The topological polar surface area (TPSA) is 85.4 Å². The van der Waals surface area contributed by atoms with E-state index in [1.54, 1.807) is 21.9 Å². The van der Waals surface area contributed by atoms with Crippen molar-refractivity contribution >= 4 is 29.2 Å². The molecule has 2 aliphatic rings. The van der Waals surface area contributed by atoms with Gasteiger partial charge in [0.05, 0.1) is 26.4 Å². The summed E-state index contributed by atoms with van der Waals surface area (Å²) in [5.74, 6) is -1.18. The van der Waals surface area contributed by atoms with Crippen LogP contribution in [0.5, 0.6) is 0 Å². The molecule has 0 saturated carbocycles. The van der Waals surface area contributed by atoms with Gasteiger partial charge in [-0.3, -0.25) is 4.79 Å². The van der Waals surface area contributed by atoms with Crippen LogP contribution in [0, 0.1) is 0 Å². The number of hydrogen-bond acceptors (Lipinski definition) is 7. The number of ether oxygens (including phenoxy) is 3. The lowest BCUT2D eigenvalue weighted by Crippen LogP contribution is -2.39. The molecule has 0 spiro atoms. The van der Waals surface area contributed by atoms with Gasteiger partial charge in [0.1, 0.15) is 12.4 Å². The number of piperidine rings is 1. The number of benzene rings is 1. The van der Waals surface area contributed by atoms with Crippen molar-refractivity contribution in [2.45, 2.75) is 19.3 Å². The van der Waals surface area contributed by atoms with Crippen molar-refractivity contribution in [3.05, 3.63) is 35.5 Å². The maximum absolute atomic E-state index is 12.3. The first-order chi connectivity index (χ1) is 13.1. The lowest BCUT2D eigenvalue weighted by atomic mass is 10.1. The Kier molecular flexibility index (Phi) is 5.75. The van der Waals surface area contributed by atoms with Gasteiger partial charge < -0.3 is 24.0 Å². The number of carbonyl (C=O) groups excluding carboxylic acids is 3. The first-order valence-electron chi connectivity index (χ1n) is 8.72. The smallest absolute Gasteiger partial charge is 0.355 e. The van der Waals surface area contributed by atoms with Crippen LogP contribution in [0.25, 0.3) is 0 Å². The molecule has 0 bridgehead atoms. The van der Waals surface area contributed by atoms with E-state index in [0.29, 0.717) is 18.7 Å².